The van der Waals surface area contributed by atoms with Gasteiger partial charge in [0.25, 0.3) is 0 Å². The van der Waals surface area contributed by atoms with Gasteiger partial charge < -0.3 is 0 Å². The van der Waals surface area contributed by atoms with E-state index in [9.17, 15) is 8.42 Å². The minimum atomic E-state index is -3.36. The van der Waals surface area contributed by atoms with E-state index in [1.54, 1.807) is 42.5 Å². The zero-order valence-electron chi connectivity index (χ0n) is 14.8. The van der Waals surface area contributed by atoms with Gasteiger partial charge in [-0.1, -0.05) is 45.4 Å². The summed E-state index contributed by atoms with van der Waals surface area (Å²) in [5.74, 6) is 1.07. The van der Waals surface area contributed by atoms with Crippen molar-refractivity contribution in [3.63, 3.8) is 0 Å². The summed E-state index contributed by atoms with van der Waals surface area (Å²) >= 11 is 10.6. The van der Waals surface area contributed by atoms with Crippen molar-refractivity contribution in [2.45, 2.75) is 16.6 Å². The molecule has 0 radical (unpaired) electrons. The van der Waals surface area contributed by atoms with Crippen molar-refractivity contribution < 1.29 is 8.42 Å². The smallest absolute Gasteiger partial charge is 0.191 e. The molecule has 28 heavy (non-hydrogen) atoms. The van der Waals surface area contributed by atoms with Gasteiger partial charge in [-0.05, 0) is 48.5 Å². The van der Waals surface area contributed by atoms with E-state index in [0.717, 1.165) is 10.0 Å². The van der Waals surface area contributed by atoms with Crippen LogP contribution in [0.1, 0.15) is 0 Å². The second-order valence-corrected chi connectivity index (χ2v) is 10.4. The van der Waals surface area contributed by atoms with Gasteiger partial charge in [-0.15, -0.1) is 16.8 Å². The molecule has 146 valence electrons. The molecule has 0 saturated carbocycles. The van der Waals surface area contributed by atoms with Gasteiger partial charge in [0, 0.05) is 27.4 Å². The summed E-state index contributed by atoms with van der Waals surface area (Å²) in [5, 5.41) is 9.79. The summed E-state index contributed by atoms with van der Waals surface area (Å²) in [6.07, 6.45) is 1.76. The molecule has 0 amide bonds. The maximum atomic E-state index is 12.5. The van der Waals surface area contributed by atoms with Gasteiger partial charge in [0.15, 0.2) is 20.8 Å². The van der Waals surface area contributed by atoms with E-state index in [4.69, 9.17) is 11.6 Å². The van der Waals surface area contributed by atoms with E-state index >= 15 is 0 Å². The van der Waals surface area contributed by atoms with Gasteiger partial charge in [0.2, 0.25) is 0 Å². The average molecular weight is 499 g/mol. The fourth-order valence-corrected chi connectivity index (χ4v) is 5.49. The molecule has 0 aliphatic carbocycles. The van der Waals surface area contributed by atoms with Crippen molar-refractivity contribution in [2.24, 2.45) is 0 Å². The molecule has 0 aliphatic heterocycles. The SMILES string of the molecule is C=CCn1c(SCCS(=O)(=O)c2ccc(Br)cc2)nnc1-c1ccc(Cl)cc1. The largest absolute Gasteiger partial charge is 0.298 e. The summed E-state index contributed by atoms with van der Waals surface area (Å²) in [4.78, 5) is 0.311. The Labute approximate surface area is 181 Å². The molecule has 3 rings (SSSR count). The topological polar surface area (TPSA) is 64.8 Å². The van der Waals surface area contributed by atoms with Gasteiger partial charge >= 0.3 is 0 Å². The molecular formula is C19H17BrClN3O2S2. The third kappa shape index (κ3) is 5.05. The molecule has 0 spiro atoms. The molecule has 9 heteroatoms. The number of hydrogen-bond acceptors (Lipinski definition) is 5. The fraction of sp³-hybridized carbons (Fsp3) is 0.158. The van der Waals surface area contributed by atoms with E-state index in [1.807, 2.05) is 16.7 Å². The van der Waals surface area contributed by atoms with Crippen molar-refractivity contribution in [2.75, 3.05) is 11.5 Å². The molecule has 0 bridgehead atoms. The van der Waals surface area contributed by atoms with Crippen LogP contribution in [0.25, 0.3) is 11.4 Å². The first-order chi connectivity index (χ1) is 13.4. The van der Waals surface area contributed by atoms with Crippen molar-refractivity contribution in [1.82, 2.24) is 14.8 Å². The minimum Gasteiger partial charge on any atom is -0.298 e. The fourth-order valence-electron chi connectivity index (χ4n) is 2.50. The Morgan fingerprint density at radius 1 is 1.11 bits per heavy atom. The van der Waals surface area contributed by atoms with Gasteiger partial charge in [0.1, 0.15) is 0 Å². The quantitative estimate of drug-likeness (QED) is 0.319. The third-order valence-corrected chi connectivity index (χ3v) is 7.63. The van der Waals surface area contributed by atoms with Crippen molar-refractivity contribution in [1.29, 1.82) is 0 Å². The predicted octanol–water partition coefficient (Wildman–Crippen LogP) is 5.11. The first-order valence-corrected chi connectivity index (χ1v) is 12.1. The third-order valence-electron chi connectivity index (χ3n) is 3.89. The molecule has 1 aromatic heterocycles. The lowest BCUT2D eigenvalue weighted by atomic mass is 10.2. The molecule has 2 aromatic carbocycles. The first kappa shape index (κ1) is 21.1. The van der Waals surface area contributed by atoms with Crippen LogP contribution in [0.4, 0.5) is 0 Å². The molecule has 0 unspecified atom stereocenters. The lowest BCUT2D eigenvalue weighted by molar-refractivity contribution is 0.597. The van der Waals surface area contributed by atoms with Crippen LogP contribution < -0.4 is 0 Å². The highest BCUT2D eigenvalue weighted by molar-refractivity contribution is 9.10. The van der Waals surface area contributed by atoms with Crippen LogP contribution in [-0.4, -0.2) is 34.7 Å². The Bertz CT molecular complexity index is 1070. The second kappa shape index (κ2) is 9.26. The van der Waals surface area contributed by atoms with Gasteiger partial charge in [-0.2, -0.15) is 0 Å². The number of aromatic nitrogens is 3. The molecule has 0 fully saturated rings. The van der Waals surface area contributed by atoms with Crippen LogP contribution in [0.2, 0.25) is 5.02 Å². The highest BCUT2D eigenvalue weighted by Gasteiger charge is 2.17. The molecule has 0 atom stereocenters. The van der Waals surface area contributed by atoms with E-state index in [-0.39, 0.29) is 5.75 Å². The Hall–Kier alpha value is -1.61. The number of allylic oxidation sites excluding steroid dienone is 1. The summed E-state index contributed by atoms with van der Waals surface area (Å²) < 4.78 is 27.8. The van der Waals surface area contributed by atoms with Crippen molar-refractivity contribution in [3.8, 4) is 11.4 Å². The summed E-state index contributed by atoms with van der Waals surface area (Å²) in [6, 6.07) is 14.0. The predicted molar refractivity (Wildman–Crippen MR) is 118 cm³/mol. The maximum absolute atomic E-state index is 12.5. The summed E-state index contributed by atoms with van der Waals surface area (Å²) in [7, 11) is -3.36. The van der Waals surface area contributed by atoms with Crippen LogP contribution in [-0.2, 0) is 16.4 Å². The maximum Gasteiger partial charge on any atom is 0.191 e. The molecule has 5 nitrogen and oxygen atoms in total. The molecule has 0 saturated heterocycles. The second-order valence-electron chi connectivity index (χ2n) is 5.83. The Morgan fingerprint density at radius 3 is 2.43 bits per heavy atom. The van der Waals surface area contributed by atoms with Crippen LogP contribution in [0.3, 0.4) is 0 Å². The minimum absolute atomic E-state index is 0.0104. The normalized spacial score (nSPS) is 11.5. The molecule has 3 aromatic rings. The van der Waals surface area contributed by atoms with Crippen LogP contribution in [0.5, 0.6) is 0 Å². The van der Waals surface area contributed by atoms with Gasteiger partial charge in [-0.3, -0.25) is 4.57 Å². The number of rotatable bonds is 8. The lowest BCUT2D eigenvalue weighted by Gasteiger charge is -2.08. The van der Waals surface area contributed by atoms with E-state index in [0.29, 0.717) is 33.2 Å². The Kier molecular flexibility index (Phi) is 6.98. The standard InChI is InChI=1S/C19H17BrClN3O2S2/c1-2-11-24-18(14-3-7-16(21)8-4-14)22-23-19(24)27-12-13-28(25,26)17-9-5-15(20)6-10-17/h2-10H,1,11-13H2. The van der Waals surface area contributed by atoms with Gasteiger partial charge in [-0.25, -0.2) is 8.42 Å². The summed E-state index contributed by atoms with van der Waals surface area (Å²) in [6.45, 7) is 4.31. The summed E-state index contributed by atoms with van der Waals surface area (Å²) in [5.41, 5.74) is 0.882. The first-order valence-electron chi connectivity index (χ1n) is 8.32. The molecule has 1 heterocycles. The Morgan fingerprint density at radius 2 is 1.79 bits per heavy atom. The average Bonchev–Trinajstić information content (AvgIpc) is 3.06. The van der Waals surface area contributed by atoms with Crippen LogP contribution >= 0.6 is 39.3 Å². The van der Waals surface area contributed by atoms with Crippen LogP contribution in [0.15, 0.2) is 75.7 Å². The highest BCUT2D eigenvalue weighted by atomic mass is 79.9. The number of sulfone groups is 1. The number of thioether (sulfide) groups is 1. The van der Waals surface area contributed by atoms with Crippen molar-refractivity contribution >= 4 is 49.1 Å². The van der Waals surface area contributed by atoms with E-state index in [1.165, 1.54) is 11.8 Å². The molecule has 0 aliphatic rings. The van der Waals surface area contributed by atoms with Gasteiger partial charge in [0.05, 0.1) is 10.6 Å². The molecule has 0 N–H and O–H groups in total. The zero-order chi connectivity index (χ0) is 20.1. The van der Waals surface area contributed by atoms with E-state index < -0.39 is 9.84 Å². The Balaban J connectivity index is 1.74. The lowest BCUT2D eigenvalue weighted by Crippen LogP contribution is -2.09. The number of nitrogens with zero attached hydrogens (tertiary/aromatic N) is 3. The monoisotopic (exact) mass is 497 g/mol. The van der Waals surface area contributed by atoms with Crippen LogP contribution in [0, 0.1) is 0 Å². The highest BCUT2D eigenvalue weighted by Crippen LogP contribution is 2.26. The molecular weight excluding hydrogens is 482 g/mol. The zero-order valence-corrected chi connectivity index (χ0v) is 18.7. The van der Waals surface area contributed by atoms with E-state index in [2.05, 4.69) is 32.7 Å². The number of halogens is 2. The number of benzene rings is 2. The van der Waals surface area contributed by atoms with Crippen molar-refractivity contribution in [3.05, 3.63) is 70.7 Å². The number of hydrogen-bond donors (Lipinski definition) is 0.